The molecule has 0 aromatic heterocycles. The van der Waals surface area contributed by atoms with Crippen LogP contribution in [0.5, 0.6) is 11.5 Å². The van der Waals surface area contributed by atoms with Crippen LogP contribution in [-0.4, -0.2) is 49.7 Å². The van der Waals surface area contributed by atoms with Gasteiger partial charge in [-0.2, -0.15) is 13.2 Å². The van der Waals surface area contributed by atoms with Crippen molar-refractivity contribution in [2.24, 2.45) is 0 Å². The molecule has 9 heteroatoms. The summed E-state index contributed by atoms with van der Waals surface area (Å²) in [5.74, 6) is -0.366. The summed E-state index contributed by atoms with van der Waals surface area (Å²) in [6.45, 7) is 1.42. The molecule has 0 unspecified atom stereocenters. The van der Waals surface area contributed by atoms with Crippen LogP contribution in [0.25, 0.3) is 11.1 Å². The van der Waals surface area contributed by atoms with E-state index >= 15 is 0 Å². The van der Waals surface area contributed by atoms with E-state index in [1.165, 1.54) is 23.1 Å². The third kappa shape index (κ3) is 7.55. The zero-order chi connectivity index (χ0) is 29.6. The number of aryl methyl sites for hydroxylation is 1. The van der Waals surface area contributed by atoms with E-state index in [4.69, 9.17) is 4.74 Å². The molecule has 5 nitrogen and oxygen atoms in total. The van der Waals surface area contributed by atoms with Crippen molar-refractivity contribution >= 4 is 17.1 Å². The van der Waals surface area contributed by atoms with Crippen LogP contribution < -0.4 is 10.1 Å². The predicted octanol–water partition coefficient (Wildman–Crippen LogP) is 6.46. The quantitative estimate of drug-likeness (QED) is 0.177. The molecule has 0 aliphatic heterocycles. The third-order valence-corrected chi connectivity index (χ3v) is 6.80. The number of hydrogen-bond donors (Lipinski definition) is 2. The summed E-state index contributed by atoms with van der Waals surface area (Å²) in [7, 11) is 3.36. The molecule has 0 spiro atoms. The molecule has 0 fully saturated rings. The van der Waals surface area contributed by atoms with Crippen molar-refractivity contribution in [1.29, 1.82) is 0 Å². The zero-order valence-electron chi connectivity index (χ0n) is 22.9. The van der Waals surface area contributed by atoms with Crippen molar-refractivity contribution < 1.29 is 32.2 Å². The van der Waals surface area contributed by atoms with E-state index in [2.05, 4.69) is 5.32 Å². The van der Waals surface area contributed by atoms with Crippen LogP contribution >= 0.6 is 0 Å². The van der Waals surface area contributed by atoms with E-state index in [0.29, 0.717) is 67.5 Å². The number of aromatic hydroxyl groups is 1. The number of alkyl halides is 3. The maximum atomic E-state index is 14.0. The number of likely N-dealkylation sites (N-methyl/N-ethyl adjacent to an activating group) is 1. The van der Waals surface area contributed by atoms with E-state index in [9.17, 15) is 27.5 Å². The number of carbonyl (C=O) groups is 1. The summed E-state index contributed by atoms with van der Waals surface area (Å²) in [5, 5.41) is 13.2. The lowest BCUT2D eigenvalue weighted by atomic mass is 9.86. The number of hydrogen-bond acceptors (Lipinski definition) is 4. The normalized spacial score (nSPS) is 13.7. The Labute approximate surface area is 236 Å². The maximum Gasteiger partial charge on any atom is 0.417 e. The SMILES string of the molecule is CN(C)C(=O)/C=C/CNCCOc1ccc(C2=C(c3ccc(F)cc3C(F)(F)F)CCCc3cc(O)ccc32)cc1. The highest BCUT2D eigenvalue weighted by atomic mass is 19.4. The van der Waals surface area contributed by atoms with Gasteiger partial charge in [-0.15, -0.1) is 0 Å². The molecule has 3 aromatic rings. The molecule has 0 saturated heterocycles. The maximum absolute atomic E-state index is 14.0. The lowest BCUT2D eigenvalue weighted by molar-refractivity contribution is -0.138. The standard InChI is InChI=1S/C32H32F4N2O3/c1-38(2)30(40)7-4-16-37-17-18-41-25-12-8-21(9-13-25)31-26-15-11-24(39)19-22(26)5-3-6-28(31)27-14-10-23(33)20-29(27)32(34,35)36/h4,7-15,19-20,37,39H,3,5-6,16-18H2,1-2H3/b7-4+. The number of rotatable bonds is 9. The van der Waals surface area contributed by atoms with Gasteiger partial charge in [-0.3, -0.25) is 4.79 Å². The minimum Gasteiger partial charge on any atom is -0.508 e. The molecule has 41 heavy (non-hydrogen) atoms. The summed E-state index contributed by atoms with van der Waals surface area (Å²) in [6, 6.07) is 14.8. The molecular weight excluding hydrogens is 536 g/mol. The Balaban J connectivity index is 1.61. The fourth-order valence-corrected chi connectivity index (χ4v) is 4.84. The van der Waals surface area contributed by atoms with Gasteiger partial charge in [-0.1, -0.05) is 30.3 Å². The summed E-state index contributed by atoms with van der Waals surface area (Å²) >= 11 is 0. The summed E-state index contributed by atoms with van der Waals surface area (Å²) in [6.07, 6.45) is -0.0200. The molecule has 4 rings (SSSR count). The molecular formula is C32H32F4N2O3. The predicted molar refractivity (Wildman–Crippen MR) is 151 cm³/mol. The number of ether oxygens (including phenoxy) is 1. The Morgan fingerprint density at radius 1 is 1.02 bits per heavy atom. The van der Waals surface area contributed by atoms with Crippen LogP contribution in [0.3, 0.4) is 0 Å². The van der Waals surface area contributed by atoms with Crippen LogP contribution in [0, 0.1) is 5.82 Å². The Bertz CT molecular complexity index is 1440. The average molecular weight is 569 g/mol. The third-order valence-electron chi connectivity index (χ3n) is 6.80. The molecule has 1 aliphatic carbocycles. The molecule has 0 radical (unpaired) electrons. The van der Waals surface area contributed by atoms with E-state index in [-0.39, 0.29) is 17.2 Å². The number of nitrogens with zero attached hydrogens (tertiary/aromatic N) is 1. The minimum absolute atomic E-state index is 0.0532. The van der Waals surface area contributed by atoms with Gasteiger partial charge in [-0.25, -0.2) is 4.39 Å². The van der Waals surface area contributed by atoms with Crippen LogP contribution in [0.15, 0.2) is 72.8 Å². The first-order valence-corrected chi connectivity index (χ1v) is 13.3. The first kappa shape index (κ1) is 29.9. The summed E-state index contributed by atoms with van der Waals surface area (Å²) in [4.78, 5) is 13.0. The number of benzene rings is 3. The molecule has 0 saturated carbocycles. The molecule has 3 aromatic carbocycles. The van der Waals surface area contributed by atoms with Crippen molar-refractivity contribution in [2.45, 2.75) is 25.4 Å². The van der Waals surface area contributed by atoms with E-state index in [0.717, 1.165) is 17.2 Å². The van der Waals surface area contributed by atoms with Crippen LogP contribution in [0.2, 0.25) is 0 Å². The van der Waals surface area contributed by atoms with Gasteiger partial charge >= 0.3 is 6.18 Å². The van der Waals surface area contributed by atoms with Crippen LogP contribution in [-0.2, 0) is 17.4 Å². The lowest BCUT2D eigenvalue weighted by Gasteiger charge is -2.20. The number of halogens is 4. The highest BCUT2D eigenvalue weighted by Gasteiger charge is 2.35. The molecule has 2 N–H and O–H groups in total. The smallest absolute Gasteiger partial charge is 0.417 e. The van der Waals surface area contributed by atoms with E-state index in [1.54, 1.807) is 56.6 Å². The average Bonchev–Trinajstić information content (AvgIpc) is 3.11. The van der Waals surface area contributed by atoms with Gasteiger partial charge in [-0.05, 0) is 89.1 Å². The van der Waals surface area contributed by atoms with E-state index in [1.807, 2.05) is 0 Å². The van der Waals surface area contributed by atoms with Gasteiger partial charge < -0.3 is 20.1 Å². The Morgan fingerprint density at radius 3 is 2.46 bits per heavy atom. The minimum atomic E-state index is -4.73. The van der Waals surface area contributed by atoms with Crippen LogP contribution in [0.4, 0.5) is 17.6 Å². The van der Waals surface area contributed by atoms with Gasteiger partial charge in [0.05, 0.1) is 5.56 Å². The van der Waals surface area contributed by atoms with Gasteiger partial charge in [0.25, 0.3) is 0 Å². The molecule has 1 amide bonds. The molecule has 216 valence electrons. The number of phenolic OH excluding ortho intramolecular Hbond substituents is 1. The monoisotopic (exact) mass is 568 g/mol. The number of phenols is 1. The number of carbonyl (C=O) groups excluding carboxylic acids is 1. The van der Waals surface area contributed by atoms with Gasteiger partial charge in [0, 0.05) is 33.3 Å². The number of nitrogens with one attached hydrogen (secondary N) is 1. The summed E-state index contributed by atoms with van der Waals surface area (Å²) in [5.41, 5.74) is 2.27. The zero-order valence-corrected chi connectivity index (χ0v) is 22.9. The largest absolute Gasteiger partial charge is 0.508 e. The topological polar surface area (TPSA) is 61.8 Å². The van der Waals surface area contributed by atoms with Crippen molar-refractivity contribution in [1.82, 2.24) is 10.2 Å². The van der Waals surface area contributed by atoms with Crippen molar-refractivity contribution in [2.75, 3.05) is 33.8 Å². The molecule has 0 atom stereocenters. The molecule has 0 heterocycles. The first-order valence-electron chi connectivity index (χ1n) is 13.3. The fraction of sp³-hybridized carbons (Fsp3) is 0.281. The fourth-order valence-electron chi connectivity index (χ4n) is 4.84. The molecule has 0 bridgehead atoms. The highest BCUT2D eigenvalue weighted by molar-refractivity contribution is 6.00. The second-order valence-corrected chi connectivity index (χ2v) is 9.95. The Kier molecular flexibility index (Phi) is 9.50. The first-order chi connectivity index (χ1) is 19.5. The number of amides is 1. The van der Waals surface area contributed by atoms with Gasteiger partial charge in [0.15, 0.2) is 0 Å². The Hall–Kier alpha value is -4.11. The van der Waals surface area contributed by atoms with Gasteiger partial charge in [0.1, 0.15) is 23.9 Å². The highest BCUT2D eigenvalue weighted by Crippen LogP contribution is 2.44. The van der Waals surface area contributed by atoms with Crippen molar-refractivity contribution in [3.8, 4) is 11.5 Å². The molecule has 1 aliphatic rings. The van der Waals surface area contributed by atoms with Crippen LogP contribution in [0.1, 0.15) is 40.7 Å². The number of fused-ring (bicyclic) bond motifs is 1. The number of allylic oxidation sites excluding steroid dienone is 1. The Morgan fingerprint density at radius 2 is 1.76 bits per heavy atom. The lowest BCUT2D eigenvalue weighted by Crippen LogP contribution is -2.22. The second kappa shape index (κ2) is 13.0. The van der Waals surface area contributed by atoms with Crippen molar-refractivity contribution in [3.63, 3.8) is 0 Å². The van der Waals surface area contributed by atoms with E-state index < -0.39 is 17.6 Å². The second-order valence-electron chi connectivity index (χ2n) is 9.95. The van der Waals surface area contributed by atoms with Crippen molar-refractivity contribution in [3.05, 3.63) is 106 Å². The summed E-state index contributed by atoms with van der Waals surface area (Å²) < 4.78 is 61.9. The van der Waals surface area contributed by atoms with Gasteiger partial charge in [0.2, 0.25) is 5.91 Å².